The highest BCUT2D eigenvalue weighted by molar-refractivity contribution is 7.91. The van der Waals surface area contributed by atoms with E-state index in [-0.39, 0.29) is 16.9 Å². The minimum Gasteiger partial charge on any atom is -0.493 e. The first-order chi connectivity index (χ1) is 9.50. The molecule has 0 aromatic heterocycles. The second-order valence-corrected chi connectivity index (χ2v) is 7.98. The summed E-state index contributed by atoms with van der Waals surface area (Å²) in [6, 6.07) is 7.89. The van der Waals surface area contributed by atoms with Gasteiger partial charge in [0.1, 0.15) is 15.6 Å². The van der Waals surface area contributed by atoms with Gasteiger partial charge in [0.05, 0.1) is 12.4 Å². The quantitative estimate of drug-likeness (QED) is 0.869. The number of rotatable bonds is 6. The smallest absolute Gasteiger partial charge is 0.150 e. The molecule has 112 valence electrons. The number of sulfone groups is 1. The largest absolute Gasteiger partial charge is 0.493 e. The zero-order valence-corrected chi connectivity index (χ0v) is 12.8. The van der Waals surface area contributed by atoms with Crippen LogP contribution in [0, 0.1) is 5.41 Å². The summed E-state index contributed by atoms with van der Waals surface area (Å²) in [4.78, 5) is 0. The predicted octanol–water partition coefficient (Wildman–Crippen LogP) is 1.78. The molecule has 2 N–H and O–H groups in total. The van der Waals surface area contributed by atoms with Gasteiger partial charge >= 0.3 is 0 Å². The van der Waals surface area contributed by atoms with Gasteiger partial charge in [0.25, 0.3) is 0 Å². The Morgan fingerprint density at radius 1 is 1.30 bits per heavy atom. The number of hydrogen-bond acceptors (Lipinski definition) is 4. The summed E-state index contributed by atoms with van der Waals surface area (Å²) in [5, 5.41) is 0. The van der Waals surface area contributed by atoms with E-state index < -0.39 is 9.84 Å². The van der Waals surface area contributed by atoms with Gasteiger partial charge in [0.15, 0.2) is 0 Å². The third kappa shape index (κ3) is 3.52. The van der Waals surface area contributed by atoms with Crippen LogP contribution in [0.4, 0.5) is 0 Å². The molecule has 0 radical (unpaired) electrons. The van der Waals surface area contributed by atoms with Crippen LogP contribution >= 0.6 is 0 Å². The molecule has 0 spiro atoms. The third-order valence-electron chi connectivity index (χ3n) is 3.96. The Balaban J connectivity index is 2.09. The van der Waals surface area contributed by atoms with Crippen molar-refractivity contribution in [3.05, 3.63) is 29.8 Å². The van der Waals surface area contributed by atoms with E-state index in [1.807, 2.05) is 31.2 Å². The van der Waals surface area contributed by atoms with Gasteiger partial charge in [-0.1, -0.05) is 25.1 Å². The summed E-state index contributed by atoms with van der Waals surface area (Å²) in [5.74, 6) is 1.35. The Hall–Kier alpha value is -1.07. The van der Waals surface area contributed by atoms with Crippen LogP contribution in [-0.2, 0) is 16.3 Å². The van der Waals surface area contributed by atoms with Crippen LogP contribution in [0.5, 0.6) is 5.75 Å². The lowest BCUT2D eigenvalue weighted by Gasteiger charge is -2.37. The van der Waals surface area contributed by atoms with E-state index in [0.717, 1.165) is 17.7 Å². The molecule has 0 amide bonds. The van der Waals surface area contributed by atoms with Crippen LogP contribution in [0.3, 0.4) is 0 Å². The topological polar surface area (TPSA) is 69.4 Å². The van der Waals surface area contributed by atoms with E-state index in [0.29, 0.717) is 26.0 Å². The van der Waals surface area contributed by atoms with Crippen LogP contribution in [0.1, 0.15) is 25.3 Å². The molecule has 0 saturated heterocycles. The molecular formula is C15H23NO3S. The predicted molar refractivity (Wildman–Crippen MR) is 80.7 cm³/mol. The molecule has 0 saturated carbocycles. The lowest BCUT2D eigenvalue weighted by Crippen LogP contribution is -2.42. The van der Waals surface area contributed by atoms with Gasteiger partial charge in [0, 0.05) is 17.7 Å². The highest BCUT2D eigenvalue weighted by atomic mass is 32.2. The molecule has 4 nitrogen and oxygen atoms in total. The Morgan fingerprint density at radius 3 is 2.75 bits per heavy atom. The number of ether oxygens (including phenoxy) is 1. The van der Waals surface area contributed by atoms with Gasteiger partial charge in [0.2, 0.25) is 0 Å². The first kappa shape index (κ1) is 15.3. The summed E-state index contributed by atoms with van der Waals surface area (Å²) >= 11 is 0. The molecule has 0 aliphatic carbocycles. The molecule has 5 heteroatoms. The van der Waals surface area contributed by atoms with Crippen molar-refractivity contribution in [1.82, 2.24) is 0 Å². The number of para-hydroxylation sites is 1. The monoisotopic (exact) mass is 297 g/mol. The Bertz CT molecular complexity index is 556. The minimum absolute atomic E-state index is 0.198. The van der Waals surface area contributed by atoms with Crippen LogP contribution in [-0.4, -0.2) is 33.1 Å². The highest BCUT2D eigenvalue weighted by Gasteiger charge is 2.35. The molecule has 0 bridgehead atoms. The molecule has 1 unspecified atom stereocenters. The number of benzene rings is 1. The summed E-state index contributed by atoms with van der Waals surface area (Å²) in [6.45, 7) is 2.83. The van der Waals surface area contributed by atoms with Crippen molar-refractivity contribution in [2.24, 2.45) is 11.1 Å². The lowest BCUT2D eigenvalue weighted by molar-refractivity contribution is 0.123. The van der Waals surface area contributed by atoms with Gasteiger partial charge in [-0.3, -0.25) is 0 Å². The van der Waals surface area contributed by atoms with Crippen LogP contribution < -0.4 is 10.5 Å². The zero-order chi connectivity index (χ0) is 14.6. The second-order valence-electron chi connectivity index (χ2n) is 5.68. The van der Waals surface area contributed by atoms with Crippen molar-refractivity contribution >= 4 is 9.84 Å². The first-order valence-corrected chi connectivity index (χ1v) is 8.94. The van der Waals surface area contributed by atoms with E-state index in [1.54, 1.807) is 0 Å². The molecule has 1 atom stereocenters. The van der Waals surface area contributed by atoms with Gasteiger partial charge in [-0.05, 0) is 30.9 Å². The van der Waals surface area contributed by atoms with Crippen molar-refractivity contribution in [3.8, 4) is 5.75 Å². The van der Waals surface area contributed by atoms with E-state index in [9.17, 15) is 8.42 Å². The van der Waals surface area contributed by atoms with Gasteiger partial charge < -0.3 is 10.5 Å². The van der Waals surface area contributed by atoms with Crippen molar-refractivity contribution in [3.63, 3.8) is 0 Å². The normalized spacial score (nSPS) is 22.1. The van der Waals surface area contributed by atoms with Crippen LogP contribution in [0.25, 0.3) is 0 Å². The van der Waals surface area contributed by atoms with Gasteiger partial charge in [-0.2, -0.15) is 0 Å². The summed E-state index contributed by atoms with van der Waals surface area (Å²) in [7, 11) is -2.97. The fourth-order valence-electron chi connectivity index (χ4n) is 2.66. The van der Waals surface area contributed by atoms with Gasteiger partial charge in [-0.15, -0.1) is 0 Å². The summed E-state index contributed by atoms with van der Waals surface area (Å²) in [6.07, 6.45) is 2.03. The standard InChI is InChI=1S/C15H23NO3S/c1-2-8-20(17,18)9-7-15(11-16)10-13-5-3-4-6-14(13)19-12-15/h3-6H,2,7-12,16H2,1H3. The number of hydrogen-bond donors (Lipinski definition) is 1. The lowest BCUT2D eigenvalue weighted by atomic mass is 9.78. The Labute approximate surface area is 121 Å². The molecule has 2 rings (SSSR count). The average Bonchev–Trinajstić information content (AvgIpc) is 2.45. The van der Waals surface area contributed by atoms with E-state index in [4.69, 9.17) is 10.5 Å². The Kier molecular flexibility index (Phi) is 4.70. The molecule has 1 aromatic carbocycles. The molecule has 1 aliphatic rings. The molecule has 1 aromatic rings. The number of fused-ring (bicyclic) bond motifs is 1. The fourth-order valence-corrected chi connectivity index (χ4v) is 4.23. The highest BCUT2D eigenvalue weighted by Crippen LogP contribution is 2.36. The zero-order valence-electron chi connectivity index (χ0n) is 12.0. The average molecular weight is 297 g/mol. The first-order valence-electron chi connectivity index (χ1n) is 7.11. The molecular weight excluding hydrogens is 274 g/mol. The van der Waals surface area contributed by atoms with E-state index >= 15 is 0 Å². The van der Waals surface area contributed by atoms with Crippen LogP contribution in [0.15, 0.2) is 24.3 Å². The molecule has 20 heavy (non-hydrogen) atoms. The molecule has 1 heterocycles. The van der Waals surface area contributed by atoms with Crippen molar-refractivity contribution in [1.29, 1.82) is 0 Å². The maximum atomic E-state index is 11.9. The fraction of sp³-hybridized carbons (Fsp3) is 0.600. The van der Waals surface area contributed by atoms with E-state index in [1.165, 1.54) is 0 Å². The minimum atomic E-state index is -2.97. The van der Waals surface area contributed by atoms with Crippen LogP contribution in [0.2, 0.25) is 0 Å². The number of nitrogens with two attached hydrogens (primary N) is 1. The van der Waals surface area contributed by atoms with Crippen molar-refractivity contribution < 1.29 is 13.2 Å². The summed E-state index contributed by atoms with van der Waals surface area (Å²) in [5.41, 5.74) is 6.79. The van der Waals surface area contributed by atoms with Crippen molar-refractivity contribution in [2.75, 3.05) is 24.7 Å². The van der Waals surface area contributed by atoms with Crippen molar-refractivity contribution in [2.45, 2.75) is 26.2 Å². The molecule has 0 fully saturated rings. The molecule has 1 aliphatic heterocycles. The van der Waals surface area contributed by atoms with Gasteiger partial charge in [-0.25, -0.2) is 8.42 Å². The SMILES string of the molecule is CCCS(=O)(=O)CCC1(CN)COc2ccccc2C1. The van der Waals surface area contributed by atoms with E-state index in [2.05, 4.69) is 0 Å². The third-order valence-corrected chi connectivity index (χ3v) is 5.82. The summed E-state index contributed by atoms with van der Waals surface area (Å²) < 4.78 is 29.6. The second kappa shape index (κ2) is 6.14. The maximum Gasteiger partial charge on any atom is 0.150 e. The Morgan fingerprint density at radius 2 is 2.05 bits per heavy atom. The maximum absolute atomic E-state index is 11.9.